The average molecular weight is 313 g/mol. The minimum Gasteiger partial charge on any atom is -0.350 e. The Balaban J connectivity index is 1.85. The molecule has 1 N–H and O–H groups in total. The topological polar surface area (TPSA) is 46.4 Å². The van der Waals surface area contributed by atoms with E-state index in [0.29, 0.717) is 13.0 Å². The van der Waals surface area contributed by atoms with Crippen LogP contribution in [0.1, 0.15) is 74.7 Å². The third-order valence-electron chi connectivity index (χ3n) is 4.81. The molecule has 124 valence electrons. The van der Waals surface area contributed by atoms with Gasteiger partial charge in [0.05, 0.1) is 17.9 Å². The summed E-state index contributed by atoms with van der Waals surface area (Å²) in [6.07, 6.45) is 10.1. The van der Waals surface area contributed by atoms with Crippen LogP contribution < -0.4 is 5.32 Å². The summed E-state index contributed by atoms with van der Waals surface area (Å²) in [5.74, 6) is 0.439. The number of pyridine rings is 1. The predicted octanol–water partition coefficient (Wildman–Crippen LogP) is 4.11. The molecule has 1 aliphatic heterocycles. The molecule has 23 heavy (non-hydrogen) atoms. The first-order valence-electron chi connectivity index (χ1n) is 8.93. The van der Waals surface area contributed by atoms with Gasteiger partial charge in [0.15, 0.2) is 0 Å². The maximum atomic E-state index is 12.1. The zero-order valence-corrected chi connectivity index (χ0v) is 14.3. The Labute approximate surface area is 138 Å². The molecule has 4 heteroatoms. The van der Waals surface area contributed by atoms with E-state index in [1.54, 1.807) is 0 Å². The van der Waals surface area contributed by atoms with Gasteiger partial charge in [0.2, 0.25) is 5.91 Å². The summed E-state index contributed by atoms with van der Waals surface area (Å²) in [5.41, 5.74) is 4.51. The largest absolute Gasteiger partial charge is 0.350 e. The first kappa shape index (κ1) is 16.0. The fourth-order valence-corrected chi connectivity index (χ4v) is 3.59. The number of unbranched alkanes of at least 4 members (excludes halogenated alkanes) is 4. The third kappa shape index (κ3) is 3.57. The number of carbonyl (C=O) groups excluding carboxylic acids is 1. The summed E-state index contributed by atoms with van der Waals surface area (Å²) in [4.78, 5) is 16.8. The van der Waals surface area contributed by atoms with Crippen molar-refractivity contribution in [1.29, 1.82) is 0 Å². The van der Waals surface area contributed by atoms with E-state index in [9.17, 15) is 4.79 Å². The monoisotopic (exact) mass is 313 g/mol. The number of fused-ring (bicyclic) bond motifs is 3. The van der Waals surface area contributed by atoms with Crippen molar-refractivity contribution in [1.82, 2.24) is 14.7 Å². The molecule has 4 nitrogen and oxygen atoms in total. The number of hydrogen-bond donors (Lipinski definition) is 1. The van der Waals surface area contributed by atoms with Crippen LogP contribution in [0.15, 0.2) is 18.3 Å². The Morgan fingerprint density at radius 2 is 2.09 bits per heavy atom. The van der Waals surface area contributed by atoms with Gasteiger partial charge in [-0.25, -0.2) is 4.98 Å². The minimum atomic E-state index is 0.156. The Morgan fingerprint density at radius 3 is 2.91 bits per heavy atom. The number of amides is 1. The molecule has 2 aromatic rings. The summed E-state index contributed by atoms with van der Waals surface area (Å²) in [6, 6.07) is 4.17. The molecule has 0 saturated carbocycles. The highest BCUT2D eigenvalue weighted by molar-refractivity contribution is 5.77. The summed E-state index contributed by atoms with van der Waals surface area (Å²) >= 11 is 0. The van der Waals surface area contributed by atoms with E-state index in [2.05, 4.69) is 41.9 Å². The average Bonchev–Trinajstić information content (AvgIpc) is 2.81. The zero-order valence-electron chi connectivity index (χ0n) is 14.3. The molecule has 0 spiro atoms. The van der Waals surface area contributed by atoms with E-state index in [1.165, 1.54) is 43.4 Å². The molecule has 0 fully saturated rings. The quantitative estimate of drug-likeness (QED) is 0.816. The van der Waals surface area contributed by atoms with Gasteiger partial charge in [-0.2, -0.15) is 0 Å². The molecule has 2 aromatic heterocycles. The number of nitrogens with zero attached hydrogens (tertiary/aromatic N) is 2. The molecular formula is C19H27N3O. The Morgan fingerprint density at radius 1 is 1.26 bits per heavy atom. The van der Waals surface area contributed by atoms with Gasteiger partial charge in [0.25, 0.3) is 0 Å². The molecule has 3 heterocycles. The first-order valence-corrected chi connectivity index (χ1v) is 8.93. The Hall–Kier alpha value is -1.84. The smallest absolute Gasteiger partial charge is 0.220 e. The predicted molar refractivity (Wildman–Crippen MR) is 92.5 cm³/mol. The molecule has 1 aliphatic rings. The van der Waals surface area contributed by atoms with Crippen LogP contribution in [-0.2, 0) is 11.3 Å². The fraction of sp³-hybridized carbons (Fsp3) is 0.579. The van der Waals surface area contributed by atoms with Gasteiger partial charge in [0.1, 0.15) is 5.65 Å². The van der Waals surface area contributed by atoms with Crippen molar-refractivity contribution in [2.75, 3.05) is 0 Å². The van der Waals surface area contributed by atoms with E-state index in [-0.39, 0.29) is 11.8 Å². The number of carbonyl (C=O) groups is 1. The van der Waals surface area contributed by atoms with Gasteiger partial charge in [-0.1, -0.05) is 45.1 Å². The second kappa shape index (κ2) is 7.16. The van der Waals surface area contributed by atoms with Crippen LogP contribution in [0, 0.1) is 6.92 Å². The van der Waals surface area contributed by atoms with Gasteiger partial charge in [0, 0.05) is 18.5 Å². The lowest BCUT2D eigenvalue weighted by Gasteiger charge is -2.15. The summed E-state index contributed by atoms with van der Waals surface area (Å²) in [6.45, 7) is 4.90. The second-order valence-electron chi connectivity index (χ2n) is 6.76. The minimum absolute atomic E-state index is 0.156. The van der Waals surface area contributed by atoms with Gasteiger partial charge in [-0.15, -0.1) is 0 Å². The van der Waals surface area contributed by atoms with E-state index in [0.717, 1.165) is 17.8 Å². The number of nitrogens with one attached hydrogen (secondary N) is 1. The van der Waals surface area contributed by atoms with Crippen molar-refractivity contribution in [2.24, 2.45) is 0 Å². The van der Waals surface area contributed by atoms with Gasteiger partial charge >= 0.3 is 0 Å². The van der Waals surface area contributed by atoms with Crippen LogP contribution in [0.4, 0.5) is 0 Å². The maximum Gasteiger partial charge on any atom is 0.220 e. The Kier molecular flexibility index (Phi) is 4.99. The standard InChI is InChI=1S/C19H27N3O/c1-3-4-5-6-7-8-15-11-18(23)20-12-16-19(15)22-13-14(2)9-10-17(22)21-16/h9-10,13,15H,3-8,11-12H2,1-2H3,(H,20,23)/t15-/m1/s1. The molecule has 0 radical (unpaired) electrons. The lowest BCUT2D eigenvalue weighted by atomic mass is 9.93. The van der Waals surface area contributed by atoms with E-state index >= 15 is 0 Å². The maximum absolute atomic E-state index is 12.1. The number of rotatable bonds is 6. The van der Waals surface area contributed by atoms with Gasteiger partial charge in [-0.05, 0) is 25.0 Å². The summed E-state index contributed by atoms with van der Waals surface area (Å²) < 4.78 is 2.21. The van der Waals surface area contributed by atoms with Crippen LogP contribution in [-0.4, -0.2) is 15.3 Å². The van der Waals surface area contributed by atoms with Crippen LogP contribution in [0.25, 0.3) is 5.65 Å². The van der Waals surface area contributed by atoms with Crippen LogP contribution in [0.3, 0.4) is 0 Å². The fourth-order valence-electron chi connectivity index (χ4n) is 3.59. The number of aryl methyl sites for hydroxylation is 1. The summed E-state index contributed by atoms with van der Waals surface area (Å²) in [7, 11) is 0. The molecule has 0 bridgehead atoms. The van der Waals surface area contributed by atoms with E-state index < -0.39 is 0 Å². The summed E-state index contributed by atoms with van der Waals surface area (Å²) in [5, 5.41) is 3.00. The van der Waals surface area contributed by atoms with Crippen molar-refractivity contribution in [3.05, 3.63) is 35.3 Å². The molecule has 1 atom stereocenters. The normalized spacial score (nSPS) is 17.8. The van der Waals surface area contributed by atoms with Crippen molar-refractivity contribution < 1.29 is 4.79 Å². The molecule has 1 amide bonds. The molecular weight excluding hydrogens is 286 g/mol. The molecule has 0 aliphatic carbocycles. The highest BCUT2D eigenvalue weighted by atomic mass is 16.1. The number of aromatic nitrogens is 2. The number of imidazole rings is 1. The van der Waals surface area contributed by atoms with Gasteiger partial charge in [-0.3, -0.25) is 4.79 Å². The molecule has 0 aromatic carbocycles. The van der Waals surface area contributed by atoms with Crippen molar-refractivity contribution in [3.8, 4) is 0 Å². The second-order valence-corrected chi connectivity index (χ2v) is 6.76. The lowest BCUT2D eigenvalue weighted by molar-refractivity contribution is -0.121. The van der Waals surface area contributed by atoms with Crippen LogP contribution in [0.2, 0.25) is 0 Å². The van der Waals surface area contributed by atoms with Crippen LogP contribution >= 0.6 is 0 Å². The molecule has 3 rings (SSSR count). The zero-order chi connectivity index (χ0) is 16.2. The SMILES string of the molecule is CCCCCCC[C@@H]1CC(=O)NCc2nc3ccc(C)cn3c21. The highest BCUT2D eigenvalue weighted by Gasteiger charge is 2.27. The van der Waals surface area contributed by atoms with E-state index in [1.807, 2.05) is 0 Å². The molecule has 0 saturated heterocycles. The van der Waals surface area contributed by atoms with E-state index in [4.69, 9.17) is 4.98 Å². The van der Waals surface area contributed by atoms with Gasteiger partial charge < -0.3 is 9.72 Å². The number of hydrogen-bond acceptors (Lipinski definition) is 2. The highest BCUT2D eigenvalue weighted by Crippen LogP contribution is 2.32. The molecule has 0 unspecified atom stereocenters. The van der Waals surface area contributed by atoms with Crippen LogP contribution in [0.5, 0.6) is 0 Å². The van der Waals surface area contributed by atoms with Crippen molar-refractivity contribution in [2.45, 2.75) is 71.3 Å². The first-order chi connectivity index (χ1) is 11.2. The van der Waals surface area contributed by atoms with Crippen molar-refractivity contribution >= 4 is 11.6 Å². The third-order valence-corrected chi connectivity index (χ3v) is 4.81. The lowest BCUT2D eigenvalue weighted by Crippen LogP contribution is -2.21. The van der Waals surface area contributed by atoms with Crippen molar-refractivity contribution in [3.63, 3.8) is 0 Å². The Bertz CT molecular complexity index is 689.